The zero-order valence-electron chi connectivity index (χ0n) is 19.5. The summed E-state index contributed by atoms with van der Waals surface area (Å²) in [6, 6.07) is 15.8. The maximum Gasteiger partial charge on any atom is 0.243 e. The first kappa shape index (κ1) is 23.8. The van der Waals surface area contributed by atoms with E-state index in [2.05, 4.69) is 10.2 Å². The molecule has 10 heteroatoms. The lowest BCUT2D eigenvalue weighted by Gasteiger charge is -2.34. The molecule has 180 valence electrons. The van der Waals surface area contributed by atoms with E-state index in [-0.39, 0.29) is 4.90 Å². The van der Waals surface area contributed by atoms with E-state index in [0.717, 1.165) is 5.56 Å². The molecule has 3 aromatic rings. The summed E-state index contributed by atoms with van der Waals surface area (Å²) in [7, 11) is -0.355. The van der Waals surface area contributed by atoms with Crippen molar-refractivity contribution in [2.75, 3.05) is 51.9 Å². The molecular weight excluding hydrogens is 456 g/mol. The molecule has 0 amide bonds. The van der Waals surface area contributed by atoms with E-state index in [9.17, 15) is 8.42 Å². The fraction of sp³-hybridized carbons (Fsp3) is 0.333. The Morgan fingerprint density at radius 2 is 1.56 bits per heavy atom. The van der Waals surface area contributed by atoms with Crippen LogP contribution in [0.1, 0.15) is 6.92 Å². The lowest BCUT2D eigenvalue weighted by Crippen LogP contribution is -2.48. The van der Waals surface area contributed by atoms with Gasteiger partial charge in [0, 0.05) is 31.7 Å². The Bertz CT molecular complexity index is 1210. The Balaban J connectivity index is 1.43. The van der Waals surface area contributed by atoms with Crippen LogP contribution in [0.5, 0.6) is 17.2 Å². The molecule has 1 fully saturated rings. The predicted molar refractivity (Wildman–Crippen MR) is 129 cm³/mol. The number of piperazine rings is 1. The van der Waals surface area contributed by atoms with Crippen molar-refractivity contribution in [1.29, 1.82) is 0 Å². The molecule has 0 saturated carbocycles. The van der Waals surface area contributed by atoms with Gasteiger partial charge < -0.3 is 19.1 Å². The average Bonchev–Trinajstić information content (AvgIpc) is 2.89. The number of rotatable bonds is 8. The first-order valence-corrected chi connectivity index (χ1v) is 12.4. The van der Waals surface area contributed by atoms with Crippen molar-refractivity contribution >= 4 is 15.8 Å². The van der Waals surface area contributed by atoms with Crippen LogP contribution in [0.15, 0.2) is 59.5 Å². The second kappa shape index (κ2) is 10.3. The third-order valence-electron chi connectivity index (χ3n) is 5.67. The van der Waals surface area contributed by atoms with Gasteiger partial charge in [-0.25, -0.2) is 8.42 Å². The molecule has 1 aliphatic rings. The molecule has 0 atom stereocenters. The fourth-order valence-corrected chi connectivity index (χ4v) is 5.26. The third-order valence-corrected chi connectivity index (χ3v) is 7.58. The van der Waals surface area contributed by atoms with Crippen molar-refractivity contribution in [1.82, 2.24) is 14.5 Å². The quantitative estimate of drug-likeness (QED) is 0.482. The molecule has 0 radical (unpaired) electrons. The van der Waals surface area contributed by atoms with Crippen LogP contribution in [0.3, 0.4) is 0 Å². The average molecular weight is 485 g/mol. The molecule has 1 saturated heterocycles. The zero-order valence-corrected chi connectivity index (χ0v) is 20.3. The number of aromatic nitrogens is 2. The maximum absolute atomic E-state index is 13.0. The SMILES string of the molecule is CCOc1ccc(S(=O)(=O)N2CCN(c3ccc(-c4cc(OC)ccc4OC)nn3)CC2)cc1. The van der Waals surface area contributed by atoms with E-state index in [0.29, 0.717) is 61.5 Å². The Labute approximate surface area is 199 Å². The summed E-state index contributed by atoms with van der Waals surface area (Å²) in [6.07, 6.45) is 0. The van der Waals surface area contributed by atoms with Crippen LogP contribution in [0, 0.1) is 0 Å². The minimum absolute atomic E-state index is 0.265. The lowest BCUT2D eigenvalue weighted by atomic mass is 10.1. The highest BCUT2D eigenvalue weighted by molar-refractivity contribution is 7.89. The Kier molecular flexibility index (Phi) is 7.18. The van der Waals surface area contributed by atoms with Gasteiger partial charge in [-0.15, -0.1) is 10.2 Å². The highest BCUT2D eigenvalue weighted by Crippen LogP contribution is 2.32. The van der Waals surface area contributed by atoms with Crippen molar-refractivity contribution in [2.45, 2.75) is 11.8 Å². The summed E-state index contributed by atoms with van der Waals surface area (Å²) in [5.74, 6) is 2.73. The maximum atomic E-state index is 13.0. The van der Waals surface area contributed by atoms with Crippen LogP contribution in [0.25, 0.3) is 11.3 Å². The van der Waals surface area contributed by atoms with Crippen LogP contribution >= 0.6 is 0 Å². The molecule has 0 bridgehead atoms. The van der Waals surface area contributed by atoms with Crippen LogP contribution in [0.4, 0.5) is 5.82 Å². The molecule has 1 aromatic heterocycles. The molecule has 1 aliphatic heterocycles. The molecule has 9 nitrogen and oxygen atoms in total. The van der Waals surface area contributed by atoms with Gasteiger partial charge in [-0.1, -0.05) is 0 Å². The number of benzene rings is 2. The standard InChI is InChI=1S/C24H28N4O5S/c1-4-33-18-5-8-20(9-6-18)34(29,30)28-15-13-27(14-16-28)24-12-10-22(25-26-24)21-17-19(31-2)7-11-23(21)32-3/h5-12,17H,4,13-16H2,1-3H3. The summed E-state index contributed by atoms with van der Waals surface area (Å²) < 4.78 is 43.7. The summed E-state index contributed by atoms with van der Waals surface area (Å²) >= 11 is 0. The van der Waals surface area contributed by atoms with Gasteiger partial charge in [0.15, 0.2) is 5.82 Å². The summed E-state index contributed by atoms with van der Waals surface area (Å²) in [4.78, 5) is 2.30. The van der Waals surface area contributed by atoms with Crippen molar-refractivity contribution in [3.05, 3.63) is 54.6 Å². The van der Waals surface area contributed by atoms with Gasteiger partial charge in [0.25, 0.3) is 0 Å². The molecule has 0 aliphatic carbocycles. The Hall–Kier alpha value is -3.37. The normalized spacial score (nSPS) is 14.6. The van der Waals surface area contributed by atoms with Gasteiger partial charge in [0.1, 0.15) is 17.2 Å². The fourth-order valence-electron chi connectivity index (χ4n) is 3.83. The topological polar surface area (TPSA) is 94.1 Å². The van der Waals surface area contributed by atoms with Crippen molar-refractivity contribution in [3.63, 3.8) is 0 Å². The van der Waals surface area contributed by atoms with E-state index >= 15 is 0 Å². The largest absolute Gasteiger partial charge is 0.497 e. The monoisotopic (exact) mass is 484 g/mol. The van der Waals surface area contributed by atoms with Crippen LogP contribution < -0.4 is 19.1 Å². The number of hydrogen-bond acceptors (Lipinski definition) is 8. The molecular formula is C24H28N4O5S. The zero-order chi connectivity index (χ0) is 24.1. The predicted octanol–water partition coefficient (Wildman–Crippen LogP) is 3.07. The van der Waals surface area contributed by atoms with Gasteiger partial charge in [-0.2, -0.15) is 4.31 Å². The first-order chi connectivity index (χ1) is 16.5. The van der Waals surface area contributed by atoms with Gasteiger partial charge in [0.05, 0.1) is 31.4 Å². The van der Waals surface area contributed by atoms with E-state index in [1.165, 1.54) is 4.31 Å². The molecule has 2 aromatic carbocycles. The minimum Gasteiger partial charge on any atom is -0.497 e. The Morgan fingerprint density at radius 1 is 0.853 bits per heavy atom. The Morgan fingerprint density at radius 3 is 2.15 bits per heavy atom. The number of anilines is 1. The summed E-state index contributed by atoms with van der Waals surface area (Å²) in [6.45, 7) is 4.19. The van der Waals surface area contributed by atoms with E-state index in [1.807, 2.05) is 42.2 Å². The van der Waals surface area contributed by atoms with E-state index in [1.54, 1.807) is 38.5 Å². The summed E-state index contributed by atoms with van der Waals surface area (Å²) in [5, 5.41) is 8.76. The van der Waals surface area contributed by atoms with E-state index < -0.39 is 10.0 Å². The highest BCUT2D eigenvalue weighted by atomic mass is 32.2. The van der Waals surface area contributed by atoms with Gasteiger partial charge >= 0.3 is 0 Å². The number of nitrogens with zero attached hydrogens (tertiary/aromatic N) is 4. The van der Waals surface area contributed by atoms with E-state index in [4.69, 9.17) is 14.2 Å². The van der Waals surface area contributed by atoms with Gasteiger partial charge in [-0.3, -0.25) is 0 Å². The number of sulfonamides is 1. The minimum atomic E-state index is -3.57. The number of ether oxygens (including phenoxy) is 3. The number of methoxy groups -OCH3 is 2. The third kappa shape index (κ3) is 4.92. The molecule has 0 unspecified atom stereocenters. The molecule has 2 heterocycles. The molecule has 4 rings (SSSR count). The van der Waals surface area contributed by atoms with Crippen LogP contribution in [-0.4, -0.2) is 69.9 Å². The molecule has 0 N–H and O–H groups in total. The van der Waals surface area contributed by atoms with Crippen LogP contribution in [0.2, 0.25) is 0 Å². The molecule has 0 spiro atoms. The molecule has 34 heavy (non-hydrogen) atoms. The highest BCUT2D eigenvalue weighted by Gasteiger charge is 2.29. The van der Waals surface area contributed by atoms with Crippen molar-refractivity contribution < 1.29 is 22.6 Å². The second-order valence-corrected chi connectivity index (χ2v) is 9.58. The van der Waals surface area contributed by atoms with Crippen LogP contribution in [-0.2, 0) is 10.0 Å². The van der Waals surface area contributed by atoms with Gasteiger partial charge in [0.2, 0.25) is 10.0 Å². The second-order valence-electron chi connectivity index (χ2n) is 7.64. The van der Waals surface area contributed by atoms with Gasteiger partial charge in [-0.05, 0) is 61.5 Å². The summed E-state index contributed by atoms with van der Waals surface area (Å²) in [5.41, 5.74) is 1.45. The lowest BCUT2D eigenvalue weighted by molar-refractivity contribution is 0.340. The number of hydrogen-bond donors (Lipinski definition) is 0. The van der Waals surface area contributed by atoms with Crippen molar-refractivity contribution in [2.24, 2.45) is 0 Å². The first-order valence-electron chi connectivity index (χ1n) is 11.0. The van der Waals surface area contributed by atoms with Crippen molar-refractivity contribution in [3.8, 4) is 28.5 Å². The smallest absolute Gasteiger partial charge is 0.243 e.